The third-order valence-electron chi connectivity index (χ3n) is 2.38. The largest absolute Gasteiger partial charge is 0.488 e. The first-order chi connectivity index (χ1) is 8.56. The second kappa shape index (κ2) is 5.59. The summed E-state index contributed by atoms with van der Waals surface area (Å²) in [6.07, 6.45) is 0. The molecule has 5 heteroatoms. The lowest BCUT2D eigenvalue weighted by atomic mass is 10.2. The van der Waals surface area contributed by atoms with Gasteiger partial charge in [0.05, 0.1) is 4.47 Å². The molecule has 0 unspecified atom stereocenters. The van der Waals surface area contributed by atoms with E-state index in [1.54, 1.807) is 24.3 Å². The minimum atomic E-state index is -0.350. The molecule has 94 valence electrons. The van der Waals surface area contributed by atoms with Gasteiger partial charge in [-0.3, -0.25) is 0 Å². The highest BCUT2D eigenvalue weighted by Gasteiger charge is 2.05. The smallest absolute Gasteiger partial charge is 0.136 e. The van der Waals surface area contributed by atoms with Gasteiger partial charge in [-0.15, -0.1) is 0 Å². The molecule has 0 heterocycles. The molecular formula is C13H10BrClFNO. The highest BCUT2D eigenvalue weighted by molar-refractivity contribution is 9.10. The van der Waals surface area contributed by atoms with Gasteiger partial charge in [-0.1, -0.05) is 17.7 Å². The lowest BCUT2D eigenvalue weighted by Gasteiger charge is -2.10. The Morgan fingerprint density at radius 2 is 2.00 bits per heavy atom. The van der Waals surface area contributed by atoms with Crippen molar-refractivity contribution < 1.29 is 9.13 Å². The first-order valence-corrected chi connectivity index (χ1v) is 6.35. The third-order valence-corrected chi connectivity index (χ3v) is 3.27. The van der Waals surface area contributed by atoms with Crippen LogP contribution in [-0.2, 0) is 6.61 Å². The number of nitrogen functional groups attached to an aromatic ring is 1. The van der Waals surface area contributed by atoms with Gasteiger partial charge >= 0.3 is 0 Å². The standard InChI is InChI=1S/C13H10BrClFNO/c14-11-4-3-10(16)6-13(11)18-7-8-1-2-9(15)5-12(8)17/h1-6H,7,17H2. The zero-order chi connectivity index (χ0) is 13.1. The summed E-state index contributed by atoms with van der Waals surface area (Å²) in [6.45, 7) is 0.255. The quantitative estimate of drug-likeness (QED) is 0.846. The molecule has 0 fully saturated rings. The Labute approximate surface area is 118 Å². The summed E-state index contributed by atoms with van der Waals surface area (Å²) in [6, 6.07) is 9.43. The molecule has 0 saturated carbocycles. The molecule has 0 aliphatic heterocycles. The Kier molecular flexibility index (Phi) is 4.09. The Balaban J connectivity index is 2.13. The van der Waals surface area contributed by atoms with Crippen LogP contribution in [0.2, 0.25) is 5.02 Å². The van der Waals surface area contributed by atoms with Crippen molar-refractivity contribution in [2.24, 2.45) is 0 Å². The van der Waals surface area contributed by atoms with Crippen LogP contribution in [0, 0.1) is 5.82 Å². The number of ether oxygens (including phenoxy) is 1. The van der Waals surface area contributed by atoms with Gasteiger partial charge in [0.25, 0.3) is 0 Å². The molecule has 0 radical (unpaired) electrons. The fourth-order valence-corrected chi connectivity index (χ4v) is 1.98. The van der Waals surface area contributed by atoms with Crippen molar-refractivity contribution in [1.82, 2.24) is 0 Å². The number of anilines is 1. The van der Waals surface area contributed by atoms with Crippen molar-refractivity contribution in [3.8, 4) is 5.75 Å². The van der Waals surface area contributed by atoms with Crippen molar-refractivity contribution in [1.29, 1.82) is 0 Å². The predicted octanol–water partition coefficient (Wildman–Crippen LogP) is 4.40. The van der Waals surface area contributed by atoms with Crippen LogP contribution in [-0.4, -0.2) is 0 Å². The van der Waals surface area contributed by atoms with Gasteiger partial charge in [0.2, 0.25) is 0 Å². The lowest BCUT2D eigenvalue weighted by molar-refractivity contribution is 0.303. The summed E-state index contributed by atoms with van der Waals surface area (Å²) in [4.78, 5) is 0. The molecule has 2 aromatic rings. The van der Waals surface area contributed by atoms with E-state index in [0.717, 1.165) is 5.56 Å². The van der Waals surface area contributed by atoms with E-state index in [1.807, 2.05) is 0 Å². The molecule has 2 rings (SSSR count). The minimum Gasteiger partial charge on any atom is -0.488 e. The second-order valence-electron chi connectivity index (χ2n) is 3.71. The van der Waals surface area contributed by atoms with E-state index >= 15 is 0 Å². The molecule has 0 aliphatic rings. The third kappa shape index (κ3) is 3.15. The van der Waals surface area contributed by atoms with Gasteiger partial charge in [-0.25, -0.2) is 4.39 Å². The molecule has 2 N–H and O–H groups in total. The van der Waals surface area contributed by atoms with Crippen LogP contribution in [0.15, 0.2) is 40.9 Å². The van der Waals surface area contributed by atoms with Crippen molar-refractivity contribution in [3.63, 3.8) is 0 Å². The summed E-state index contributed by atoms with van der Waals surface area (Å²) in [7, 11) is 0. The molecule has 0 atom stereocenters. The number of hydrogen-bond acceptors (Lipinski definition) is 2. The molecule has 0 bridgehead atoms. The van der Waals surface area contributed by atoms with E-state index in [2.05, 4.69) is 15.9 Å². The van der Waals surface area contributed by atoms with Crippen molar-refractivity contribution in [2.75, 3.05) is 5.73 Å². The molecule has 0 aromatic heterocycles. The molecule has 2 aromatic carbocycles. The maximum atomic E-state index is 13.1. The molecule has 18 heavy (non-hydrogen) atoms. The van der Waals surface area contributed by atoms with Crippen LogP contribution in [0.3, 0.4) is 0 Å². The van der Waals surface area contributed by atoms with Gasteiger partial charge in [0.1, 0.15) is 18.2 Å². The van der Waals surface area contributed by atoms with E-state index in [9.17, 15) is 4.39 Å². The molecule has 0 saturated heterocycles. The van der Waals surface area contributed by atoms with Gasteiger partial charge < -0.3 is 10.5 Å². The van der Waals surface area contributed by atoms with Crippen LogP contribution < -0.4 is 10.5 Å². The number of hydrogen-bond donors (Lipinski definition) is 1. The number of benzene rings is 2. The molecule has 2 nitrogen and oxygen atoms in total. The van der Waals surface area contributed by atoms with Crippen molar-refractivity contribution in [2.45, 2.75) is 6.61 Å². The highest BCUT2D eigenvalue weighted by atomic mass is 79.9. The fourth-order valence-electron chi connectivity index (χ4n) is 1.44. The van der Waals surface area contributed by atoms with Crippen molar-refractivity contribution in [3.05, 3.63) is 57.3 Å². The van der Waals surface area contributed by atoms with E-state index in [-0.39, 0.29) is 12.4 Å². The van der Waals surface area contributed by atoms with Crippen LogP contribution in [0.4, 0.5) is 10.1 Å². The maximum absolute atomic E-state index is 13.1. The molecule has 0 spiro atoms. The number of nitrogens with two attached hydrogens (primary N) is 1. The van der Waals surface area contributed by atoms with E-state index in [1.165, 1.54) is 12.1 Å². The average Bonchev–Trinajstić information content (AvgIpc) is 2.32. The maximum Gasteiger partial charge on any atom is 0.136 e. The number of rotatable bonds is 3. The van der Waals surface area contributed by atoms with E-state index in [0.29, 0.717) is 20.9 Å². The van der Waals surface area contributed by atoms with Crippen LogP contribution in [0.25, 0.3) is 0 Å². The predicted molar refractivity (Wildman–Crippen MR) is 74.3 cm³/mol. The lowest BCUT2D eigenvalue weighted by Crippen LogP contribution is -2.00. The Bertz CT molecular complexity index is 577. The molecular weight excluding hydrogens is 321 g/mol. The van der Waals surface area contributed by atoms with E-state index < -0.39 is 0 Å². The van der Waals surface area contributed by atoms with Crippen molar-refractivity contribution >= 4 is 33.2 Å². The minimum absolute atomic E-state index is 0.255. The Morgan fingerprint density at radius 1 is 1.22 bits per heavy atom. The highest BCUT2D eigenvalue weighted by Crippen LogP contribution is 2.27. The van der Waals surface area contributed by atoms with Crippen LogP contribution in [0.1, 0.15) is 5.56 Å². The first-order valence-electron chi connectivity index (χ1n) is 5.18. The van der Waals surface area contributed by atoms with Gasteiger partial charge in [0, 0.05) is 22.3 Å². The van der Waals surface area contributed by atoms with Crippen LogP contribution in [0.5, 0.6) is 5.75 Å². The first kappa shape index (κ1) is 13.2. The summed E-state index contributed by atoms with van der Waals surface area (Å²) >= 11 is 9.09. The topological polar surface area (TPSA) is 35.2 Å². The summed E-state index contributed by atoms with van der Waals surface area (Å²) < 4.78 is 19.3. The van der Waals surface area contributed by atoms with Gasteiger partial charge in [0.15, 0.2) is 0 Å². The molecule has 0 aliphatic carbocycles. The normalized spacial score (nSPS) is 10.4. The molecule has 0 amide bonds. The Hall–Kier alpha value is -1.26. The van der Waals surface area contributed by atoms with Gasteiger partial charge in [-0.2, -0.15) is 0 Å². The fraction of sp³-hybridized carbons (Fsp3) is 0.0769. The zero-order valence-electron chi connectivity index (χ0n) is 9.29. The second-order valence-corrected chi connectivity index (χ2v) is 5.00. The summed E-state index contributed by atoms with van der Waals surface area (Å²) in [5, 5.41) is 0.572. The van der Waals surface area contributed by atoms with Gasteiger partial charge in [-0.05, 0) is 40.2 Å². The average molecular weight is 331 g/mol. The van der Waals surface area contributed by atoms with E-state index in [4.69, 9.17) is 22.1 Å². The Morgan fingerprint density at radius 3 is 2.72 bits per heavy atom. The monoisotopic (exact) mass is 329 g/mol. The zero-order valence-corrected chi connectivity index (χ0v) is 11.6. The SMILES string of the molecule is Nc1cc(Cl)ccc1COc1cc(F)ccc1Br. The number of halogens is 3. The summed E-state index contributed by atoms with van der Waals surface area (Å²) in [5.74, 6) is 0.0848. The summed E-state index contributed by atoms with van der Waals surface area (Å²) in [5.41, 5.74) is 7.16. The van der Waals surface area contributed by atoms with Crippen LogP contribution >= 0.6 is 27.5 Å².